The molecule has 0 saturated carbocycles. The largest absolute Gasteiger partial charge is 0.497 e. The van der Waals surface area contributed by atoms with Crippen molar-refractivity contribution in [2.75, 3.05) is 49.3 Å². The minimum absolute atomic E-state index is 0.297. The van der Waals surface area contributed by atoms with Gasteiger partial charge < -0.3 is 14.5 Å². The maximum absolute atomic E-state index is 12.1. The number of fused-ring (bicyclic) bond motifs is 2. The van der Waals surface area contributed by atoms with Crippen molar-refractivity contribution in [1.29, 1.82) is 0 Å². The molecule has 4 aromatic rings. The van der Waals surface area contributed by atoms with Crippen molar-refractivity contribution in [2.45, 2.75) is 4.90 Å². The summed E-state index contributed by atoms with van der Waals surface area (Å²) in [5.41, 5.74) is 1.53. The van der Waals surface area contributed by atoms with Gasteiger partial charge in [-0.1, -0.05) is 28.7 Å². The van der Waals surface area contributed by atoms with Crippen molar-refractivity contribution >= 4 is 63.2 Å². The summed E-state index contributed by atoms with van der Waals surface area (Å²) < 4.78 is 31.5. The second kappa shape index (κ2) is 7.36. The van der Waals surface area contributed by atoms with E-state index < -0.39 is 9.84 Å². The highest BCUT2D eigenvalue weighted by atomic mass is 32.2. The lowest BCUT2D eigenvalue weighted by atomic mass is 10.3. The van der Waals surface area contributed by atoms with Crippen molar-refractivity contribution in [3.05, 3.63) is 36.4 Å². The molecular weight excluding hydrogens is 440 g/mol. The van der Waals surface area contributed by atoms with E-state index in [1.807, 2.05) is 24.3 Å². The third-order valence-electron chi connectivity index (χ3n) is 5.17. The van der Waals surface area contributed by atoms with Gasteiger partial charge in [0.2, 0.25) is 0 Å². The molecule has 0 N–H and O–H groups in total. The summed E-state index contributed by atoms with van der Waals surface area (Å²) >= 11 is 3.23. The van der Waals surface area contributed by atoms with Gasteiger partial charge in [0, 0.05) is 38.5 Å². The van der Waals surface area contributed by atoms with Crippen LogP contribution in [0, 0.1) is 0 Å². The summed E-state index contributed by atoms with van der Waals surface area (Å²) in [6, 6.07) is 11.3. The van der Waals surface area contributed by atoms with Gasteiger partial charge in [0.25, 0.3) is 0 Å². The summed E-state index contributed by atoms with van der Waals surface area (Å²) in [5, 5.41) is 1.89. The Morgan fingerprint density at radius 3 is 2.27 bits per heavy atom. The van der Waals surface area contributed by atoms with Gasteiger partial charge in [0.15, 0.2) is 20.1 Å². The first kappa shape index (κ1) is 19.5. The molecule has 5 rings (SSSR count). The van der Waals surface area contributed by atoms with E-state index in [0.29, 0.717) is 10.4 Å². The van der Waals surface area contributed by atoms with Crippen LogP contribution in [-0.4, -0.2) is 57.9 Å². The lowest BCUT2D eigenvalue weighted by molar-refractivity contribution is 0.415. The predicted molar refractivity (Wildman–Crippen MR) is 123 cm³/mol. The summed E-state index contributed by atoms with van der Waals surface area (Å²) in [6.07, 6.45) is 1.23. The standard InChI is InChI=1S/C20H20N4O3S3/c1-27-13-6-7-15-14(12-13)21-19(28-15)23-8-10-24(11-9-23)20-22-18-16(29-20)4-3-5-17(18)30(2,25)26/h3-7,12H,8-11H2,1-2H3. The summed E-state index contributed by atoms with van der Waals surface area (Å²) in [4.78, 5) is 14.3. The molecule has 1 fully saturated rings. The SMILES string of the molecule is COc1ccc2sc(N3CCN(c4nc5c(S(C)(=O)=O)cccc5s4)CC3)nc2c1. The van der Waals surface area contributed by atoms with Crippen LogP contribution in [0.3, 0.4) is 0 Å². The number of ether oxygens (including phenoxy) is 1. The Labute approximate surface area is 182 Å². The van der Waals surface area contributed by atoms with E-state index in [2.05, 4.69) is 14.8 Å². The Bertz CT molecular complexity index is 1340. The van der Waals surface area contributed by atoms with Crippen LogP contribution in [0.25, 0.3) is 20.4 Å². The van der Waals surface area contributed by atoms with E-state index in [1.54, 1.807) is 41.9 Å². The lowest BCUT2D eigenvalue weighted by Crippen LogP contribution is -2.46. The van der Waals surface area contributed by atoms with Crippen LogP contribution in [0.15, 0.2) is 41.3 Å². The first-order chi connectivity index (χ1) is 14.4. The van der Waals surface area contributed by atoms with Crippen LogP contribution in [0.2, 0.25) is 0 Å². The Balaban J connectivity index is 1.36. The zero-order valence-corrected chi connectivity index (χ0v) is 19.0. The van der Waals surface area contributed by atoms with Gasteiger partial charge in [-0.05, 0) is 24.3 Å². The number of thiazole rings is 2. The van der Waals surface area contributed by atoms with Crippen LogP contribution >= 0.6 is 22.7 Å². The number of rotatable bonds is 4. The van der Waals surface area contributed by atoms with Crippen LogP contribution in [-0.2, 0) is 9.84 Å². The second-order valence-electron chi connectivity index (χ2n) is 7.18. The number of piperazine rings is 1. The molecule has 2 aromatic carbocycles. The minimum Gasteiger partial charge on any atom is -0.497 e. The van der Waals surface area contributed by atoms with E-state index >= 15 is 0 Å². The number of hydrogen-bond donors (Lipinski definition) is 0. The molecule has 2 aromatic heterocycles. The molecule has 1 saturated heterocycles. The normalized spacial score (nSPS) is 15.3. The second-order valence-corrected chi connectivity index (χ2v) is 11.2. The molecule has 0 unspecified atom stereocenters. The van der Waals surface area contributed by atoms with Crippen LogP contribution < -0.4 is 14.5 Å². The number of para-hydroxylation sites is 1. The quantitative estimate of drug-likeness (QED) is 0.460. The van der Waals surface area contributed by atoms with Gasteiger partial charge in [-0.25, -0.2) is 18.4 Å². The fourth-order valence-corrected chi connectivity index (χ4v) is 6.53. The molecule has 10 heteroatoms. The molecule has 1 aliphatic heterocycles. The number of aromatic nitrogens is 2. The molecule has 7 nitrogen and oxygen atoms in total. The lowest BCUT2D eigenvalue weighted by Gasteiger charge is -2.34. The van der Waals surface area contributed by atoms with Crippen molar-refractivity contribution in [2.24, 2.45) is 0 Å². The maximum Gasteiger partial charge on any atom is 0.186 e. The highest BCUT2D eigenvalue weighted by molar-refractivity contribution is 7.91. The third kappa shape index (κ3) is 3.48. The zero-order chi connectivity index (χ0) is 20.9. The molecule has 0 amide bonds. The molecule has 0 radical (unpaired) electrons. The first-order valence-electron chi connectivity index (χ1n) is 9.46. The molecular formula is C20H20N4O3S3. The Hall–Kier alpha value is -2.43. The van der Waals surface area contributed by atoms with Crippen molar-refractivity contribution < 1.29 is 13.2 Å². The third-order valence-corrected chi connectivity index (χ3v) is 8.48. The number of benzene rings is 2. The number of hydrogen-bond acceptors (Lipinski definition) is 9. The number of nitrogens with zero attached hydrogens (tertiary/aromatic N) is 4. The summed E-state index contributed by atoms with van der Waals surface area (Å²) in [7, 11) is -1.65. The molecule has 30 heavy (non-hydrogen) atoms. The van der Waals surface area contributed by atoms with E-state index in [9.17, 15) is 8.42 Å². The molecule has 0 bridgehead atoms. The number of anilines is 2. The number of sulfone groups is 1. The highest BCUT2D eigenvalue weighted by Crippen LogP contribution is 2.35. The molecule has 3 heterocycles. The maximum atomic E-state index is 12.1. The Morgan fingerprint density at radius 2 is 1.60 bits per heavy atom. The van der Waals surface area contributed by atoms with Gasteiger partial charge in [-0.2, -0.15) is 0 Å². The van der Waals surface area contributed by atoms with Crippen molar-refractivity contribution in [1.82, 2.24) is 9.97 Å². The van der Waals surface area contributed by atoms with Crippen molar-refractivity contribution in [3.8, 4) is 5.75 Å². The predicted octanol–water partition coefficient (Wildman–Crippen LogP) is 3.64. The summed E-state index contributed by atoms with van der Waals surface area (Å²) in [5.74, 6) is 0.813. The smallest absolute Gasteiger partial charge is 0.186 e. The molecule has 156 valence electrons. The minimum atomic E-state index is -3.31. The topological polar surface area (TPSA) is 75.6 Å². The summed E-state index contributed by atoms with van der Waals surface area (Å²) in [6.45, 7) is 3.30. The average molecular weight is 461 g/mol. The fourth-order valence-electron chi connectivity index (χ4n) is 3.59. The van der Waals surface area contributed by atoms with Gasteiger partial charge >= 0.3 is 0 Å². The van der Waals surface area contributed by atoms with Crippen LogP contribution in [0.4, 0.5) is 10.3 Å². The Morgan fingerprint density at radius 1 is 0.933 bits per heavy atom. The molecule has 0 aliphatic carbocycles. The van der Waals surface area contributed by atoms with E-state index in [-0.39, 0.29) is 0 Å². The highest BCUT2D eigenvalue weighted by Gasteiger charge is 2.23. The average Bonchev–Trinajstić information content (AvgIpc) is 3.36. The molecule has 0 spiro atoms. The van der Waals surface area contributed by atoms with E-state index in [1.165, 1.54) is 6.26 Å². The monoisotopic (exact) mass is 460 g/mol. The van der Waals surface area contributed by atoms with Gasteiger partial charge in [-0.3, -0.25) is 0 Å². The Kier molecular flexibility index (Phi) is 4.79. The van der Waals surface area contributed by atoms with Gasteiger partial charge in [-0.15, -0.1) is 0 Å². The van der Waals surface area contributed by atoms with Crippen molar-refractivity contribution in [3.63, 3.8) is 0 Å². The number of methoxy groups -OCH3 is 1. The van der Waals surface area contributed by atoms with E-state index in [4.69, 9.17) is 9.72 Å². The first-order valence-corrected chi connectivity index (χ1v) is 13.0. The molecule has 1 aliphatic rings. The van der Waals surface area contributed by atoms with E-state index in [0.717, 1.165) is 57.1 Å². The zero-order valence-electron chi connectivity index (χ0n) is 16.5. The fraction of sp³-hybridized carbons (Fsp3) is 0.300. The van der Waals surface area contributed by atoms with Gasteiger partial charge in [0.05, 0.1) is 26.9 Å². The van der Waals surface area contributed by atoms with Crippen LogP contribution in [0.5, 0.6) is 5.75 Å². The van der Waals surface area contributed by atoms with Crippen LogP contribution in [0.1, 0.15) is 0 Å². The molecule has 0 atom stereocenters. The van der Waals surface area contributed by atoms with Gasteiger partial charge in [0.1, 0.15) is 11.3 Å².